The minimum atomic E-state index is -0.537. The molecule has 136 valence electrons. The van der Waals surface area contributed by atoms with Crippen molar-refractivity contribution in [1.82, 2.24) is 4.90 Å². The summed E-state index contributed by atoms with van der Waals surface area (Å²) in [6.45, 7) is 3.82. The summed E-state index contributed by atoms with van der Waals surface area (Å²) >= 11 is 1.53. The lowest BCUT2D eigenvalue weighted by atomic mass is 10.0. The summed E-state index contributed by atoms with van der Waals surface area (Å²) in [6.07, 6.45) is 3.36. The Hall–Kier alpha value is -2.61. The van der Waals surface area contributed by atoms with E-state index in [-0.39, 0.29) is 23.6 Å². The summed E-state index contributed by atoms with van der Waals surface area (Å²) in [6, 6.07) is 5.82. The van der Waals surface area contributed by atoms with Gasteiger partial charge in [-0.1, -0.05) is 31.2 Å². The second-order valence-corrected chi connectivity index (χ2v) is 7.09. The Morgan fingerprint density at radius 3 is 2.65 bits per heavy atom. The highest BCUT2D eigenvalue weighted by Crippen LogP contribution is 2.50. The molecular formula is C18H18N2O5S. The van der Waals surface area contributed by atoms with Crippen LogP contribution in [0.4, 0.5) is 5.69 Å². The van der Waals surface area contributed by atoms with Crippen LogP contribution < -0.4 is 0 Å². The molecule has 0 aromatic heterocycles. The maximum atomic E-state index is 12.6. The molecule has 1 unspecified atom stereocenters. The van der Waals surface area contributed by atoms with Crippen LogP contribution in [0.5, 0.6) is 0 Å². The zero-order valence-electron chi connectivity index (χ0n) is 14.4. The van der Waals surface area contributed by atoms with E-state index in [4.69, 9.17) is 4.74 Å². The first-order valence-electron chi connectivity index (χ1n) is 8.28. The van der Waals surface area contributed by atoms with E-state index in [2.05, 4.69) is 0 Å². The molecular weight excluding hydrogens is 356 g/mol. The average Bonchev–Trinajstić information content (AvgIpc) is 2.95. The molecule has 0 radical (unpaired) electrons. The van der Waals surface area contributed by atoms with E-state index in [0.29, 0.717) is 23.3 Å². The molecule has 0 aliphatic carbocycles. The fourth-order valence-electron chi connectivity index (χ4n) is 2.90. The van der Waals surface area contributed by atoms with Gasteiger partial charge in [-0.15, -0.1) is 0 Å². The molecule has 26 heavy (non-hydrogen) atoms. The highest BCUT2D eigenvalue weighted by molar-refractivity contribution is 8.04. The fraction of sp³-hybridized carbons (Fsp3) is 0.333. The number of nitrogens with zero attached hydrogens (tertiary/aromatic N) is 2. The van der Waals surface area contributed by atoms with Crippen LogP contribution in [-0.2, 0) is 20.9 Å². The van der Waals surface area contributed by atoms with Gasteiger partial charge in [-0.3, -0.25) is 19.8 Å². The number of rotatable bonds is 6. The molecule has 8 heteroatoms. The van der Waals surface area contributed by atoms with E-state index in [1.807, 2.05) is 13.8 Å². The second-order valence-electron chi connectivity index (χ2n) is 5.91. The topological polar surface area (TPSA) is 89.8 Å². The lowest BCUT2D eigenvalue weighted by Gasteiger charge is -2.37. The number of carbonyl (C=O) groups excluding carboxylic acids is 2. The molecule has 1 fully saturated rings. The zero-order chi connectivity index (χ0) is 18.8. The van der Waals surface area contributed by atoms with Crippen LogP contribution in [0, 0.1) is 10.1 Å². The fourth-order valence-corrected chi connectivity index (χ4v) is 4.45. The van der Waals surface area contributed by atoms with Crippen LogP contribution in [0.1, 0.15) is 32.3 Å². The minimum absolute atomic E-state index is 0.00638. The molecule has 7 nitrogen and oxygen atoms in total. The molecule has 1 saturated heterocycles. The van der Waals surface area contributed by atoms with Crippen LogP contribution in [-0.4, -0.2) is 27.1 Å². The van der Waals surface area contributed by atoms with E-state index in [9.17, 15) is 19.7 Å². The van der Waals surface area contributed by atoms with Crippen LogP contribution >= 0.6 is 11.8 Å². The van der Waals surface area contributed by atoms with Gasteiger partial charge >= 0.3 is 5.97 Å². The monoisotopic (exact) mass is 374 g/mol. The summed E-state index contributed by atoms with van der Waals surface area (Å²) in [5.41, 5.74) is 1.67. The number of ether oxygens (including phenoxy) is 1. The third-order valence-corrected chi connectivity index (χ3v) is 5.59. The molecule has 0 saturated carbocycles. The number of fused-ring (bicyclic) bond motifs is 1. The molecule has 2 aliphatic rings. The van der Waals surface area contributed by atoms with Crippen molar-refractivity contribution < 1.29 is 19.2 Å². The summed E-state index contributed by atoms with van der Waals surface area (Å²) in [4.78, 5) is 37.4. The number of nitro benzene ring substituents is 1. The van der Waals surface area contributed by atoms with Crippen molar-refractivity contribution in [3.63, 3.8) is 0 Å². The van der Waals surface area contributed by atoms with Crippen LogP contribution in [0.2, 0.25) is 0 Å². The van der Waals surface area contributed by atoms with E-state index in [1.165, 1.54) is 28.8 Å². The number of amides is 1. The number of β-lactam (4-membered cyclic amide) rings is 1. The predicted octanol–water partition coefficient (Wildman–Crippen LogP) is 3.51. The molecule has 0 spiro atoms. The number of hydrogen-bond acceptors (Lipinski definition) is 6. The van der Waals surface area contributed by atoms with Crippen LogP contribution in [0.15, 0.2) is 46.5 Å². The van der Waals surface area contributed by atoms with E-state index < -0.39 is 10.9 Å². The first-order valence-corrected chi connectivity index (χ1v) is 9.15. The first-order chi connectivity index (χ1) is 12.5. The van der Waals surface area contributed by atoms with E-state index in [0.717, 1.165) is 11.3 Å². The third kappa shape index (κ3) is 3.12. The zero-order valence-corrected chi connectivity index (χ0v) is 15.2. The number of hydrogen-bond donors (Lipinski definition) is 0. The number of esters is 1. The smallest absolute Gasteiger partial charge is 0.356 e. The van der Waals surface area contributed by atoms with Gasteiger partial charge in [-0.05, 0) is 31.0 Å². The highest BCUT2D eigenvalue weighted by Gasteiger charge is 2.52. The third-order valence-electron chi connectivity index (χ3n) is 4.22. The van der Waals surface area contributed by atoms with Gasteiger partial charge in [0.05, 0.1) is 4.92 Å². The minimum Gasteiger partial charge on any atom is -0.456 e. The highest BCUT2D eigenvalue weighted by atomic mass is 32.2. The number of non-ortho nitro benzene ring substituents is 1. The number of carbonyl (C=O) groups is 2. The quantitative estimate of drug-likeness (QED) is 0.249. The summed E-state index contributed by atoms with van der Waals surface area (Å²) < 4.78 is 5.37. The molecule has 2 heterocycles. The van der Waals surface area contributed by atoms with Crippen molar-refractivity contribution in [2.75, 3.05) is 0 Å². The van der Waals surface area contributed by atoms with Crippen molar-refractivity contribution in [3.05, 3.63) is 62.2 Å². The Bertz CT molecular complexity index is 828. The maximum Gasteiger partial charge on any atom is 0.356 e. The Kier molecular flexibility index (Phi) is 5.13. The Labute approximate surface area is 154 Å². The predicted molar refractivity (Wildman–Crippen MR) is 96.8 cm³/mol. The van der Waals surface area contributed by atoms with E-state index in [1.54, 1.807) is 18.2 Å². The lowest BCUT2D eigenvalue weighted by molar-refractivity contribution is -0.384. The van der Waals surface area contributed by atoms with Gasteiger partial charge in [-0.25, -0.2) is 4.79 Å². The molecule has 0 N–H and O–H groups in total. The van der Waals surface area contributed by atoms with Gasteiger partial charge in [0.1, 0.15) is 17.7 Å². The molecule has 1 amide bonds. The van der Waals surface area contributed by atoms with Gasteiger partial charge in [-0.2, -0.15) is 0 Å². The Morgan fingerprint density at radius 1 is 1.38 bits per heavy atom. The number of nitro groups is 1. The lowest BCUT2D eigenvalue weighted by Crippen LogP contribution is -2.51. The molecule has 0 bridgehead atoms. The molecule has 3 rings (SSSR count). The van der Waals surface area contributed by atoms with Gasteiger partial charge in [0.15, 0.2) is 0 Å². The SMILES string of the molecule is C/C=C1/C(=O)N2C(C(=O)OCc3ccc([N+](=O)[O-])cc3)=C(CCC)SC12. The van der Waals surface area contributed by atoms with Crippen molar-refractivity contribution in [2.45, 2.75) is 38.7 Å². The van der Waals surface area contributed by atoms with Crippen molar-refractivity contribution in [3.8, 4) is 0 Å². The summed E-state index contributed by atoms with van der Waals surface area (Å²) in [5.74, 6) is -0.691. The van der Waals surface area contributed by atoms with Gasteiger partial charge in [0.2, 0.25) is 0 Å². The van der Waals surface area contributed by atoms with Gasteiger partial charge in [0.25, 0.3) is 11.6 Å². The summed E-state index contributed by atoms with van der Waals surface area (Å²) in [5, 5.41) is 10.5. The molecule has 1 aromatic carbocycles. The summed E-state index contributed by atoms with van der Waals surface area (Å²) in [7, 11) is 0. The average molecular weight is 374 g/mol. The van der Waals surface area contributed by atoms with Crippen LogP contribution in [0.3, 0.4) is 0 Å². The first kappa shape index (κ1) is 18.2. The molecule has 1 atom stereocenters. The standard InChI is InChI=1S/C18H18N2O5S/c1-3-5-14-15(19-16(21)13(4-2)17(19)26-14)18(22)25-10-11-6-8-12(9-7-11)20(23)24/h4,6-9,17H,3,5,10H2,1-2H3/b13-4-. The van der Waals surface area contributed by atoms with Crippen molar-refractivity contribution in [1.29, 1.82) is 0 Å². The number of thioether (sulfide) groups is 1. The number of benzene rings is 1. The molecule has 2 aliphatic heterocycles. The van der Waals surface area contributed by atoms with Crippen molar-refractivity contribution in [2.24, 2.45) is 0 Å². The Balaban J connectivity index is 1.72. The molecule has 1 aromatic rings. The second kappa shape index (κ2) is 7.33. The normalized spacial score (nSPS) is 20.2. The number of allylic oxidation sites excluding steroid dienone is 2. The maximum absolute atomic E-state index is 12.6. The van der Waals surface area contributed by atoms with Crippen LogP contribution in [0.25, 0.3) is 0 Å². The Morgan fingerprint density at radius 2 is 2.08 bits per heavy atom. The van der Waals surface area contributed by atoms with Crippen molar-refractivity contribution >= 4 is 29.3 Å². The van der Waals surface area contributed by atoms with Gasteiger partial charge < -0.3 is 4.74 Å². The largest absolute Gasteiger partial charge is 0.456 e. The van der Waals surface area contributed by atoms with Gasteiger partial charge in [0, 0.05) is 22.6 Å². The van der Waals surface area contributed by atoms with E-state index >= 15 is 0 Å².